The Labute approximate surface area is 178 Å². The molecular formula is C24H22F2N2O3. The van der Waals surface area contributed by atoms with Gasteiger partial charge >= 0.3 is 5.97 Å². The van der Waals surface area contributed by atoms with E-state index in [-0.39, 0.29) is 23.4 Å². The van der Waals surface area contributed by atoms with Gasteiger partial charge in [-0.1, -0.05) is 30.3 Å². The topological polar surface area (TPSA) is 62.7 Å². The minimum Gasteiger partial charge on any atom is -0.477 e. The Balaban J connectivity index is 1.46. The number of ether oxygens (including phenoxy) is 1. The van der Waals surface area contributed by atoms with Crippen molar-refractivity contribution in [2.75, 3.05) is 13.1 Å². The quantitative estimate of drug-likeness (QED) is 0.608. The Kier molecular flexibility index (Phi) is 6.34. The van der Waals surface area contributed by atoms with E-state index in [9.17, 15) is 13.6 Å². The number of likely N-dealkylation sites (tertiary alicyclic amines) is 1. The van der Waals surface area contributed by atoms with Crippen molar-refractivity contribution < 1.29 is 23.4 Å². The Bertz CT molecular complexity index is 996. The van der Waals surface area contributed by atoms with Crippen molar-refractivity contribution >= 4 is 5.97 Å². The van der Waals surface area contributed by atoms with E-state index in [0.29, 0.717) is 18.8 Å². The molecule has 0 amide bonds. The molecule has 0 saturated carbocycles. The van der Waals surface area contributed by atoms with Crippen molar-refractivity contribution in [3.63, 3.8) is 0 Å². The van der Waals surface area contributed by atoms with Crippen LogP contribution in [0.2, 0.25) is 0 Å². The van der Waals surface area contributed by atoms with Gasteiger partial charge in [-0.05, 0) is 53.9 Å². The zero-order valence-corrected chi connectivity index (χ0v) is 16.7. The average molecular weight is 424 g/mol. The van der Waals surface area contributed by atoms with Crippen LogP contribution in [0.3, 0.4) is 0 Å². The molecule has 0 spiro atoms. The molecule has 1 aromatic heterocycles. The maximum absolute atomic E-state index is 13.4. The lowest BCUT2D eigenvalue weighted by Gasteiger charge is -2.24. The highest BCUT2D eigenvalue weighted by Crippen LogP contribution is 2.30. The van der Waals surface area contributed by atoms with Crippen molar-refractivity contribution in [1.29, 1.82) is 0 Å². The second kappa shape index (κ2) is 9.32. The number of hydrogen-bond donors (Lipinski definition) is 1. The number of carbonyl (C=O) groups is 1. The van der Waals surface area contributed by atoms with E-state index in [1.54, 1.807) is 36.4 Å². The Hall–Kier alpha value is -3.16. The van der Waals surface area contributed by atoms with Crippen molar-refractivity contribution in [2.24, 2.45) is 0 Å². The summed E-state index contributed by atoms with van der Waals surface area (Å²) < 4.78 is 33.2. The number of carboxylic acids is 1. The SMILES string of the molecule is O=C(O)c1cccc(CN2CC[C@@H](OC(c3ccc(F)cc3)c3ccc(F)cc3)C2)n1. The minimum absolute atomic E-state index is 0.0252. The number of aromatic nitrogens is 1. The van der Waals surface area contributed by atoms with E-state index >= 15 is 0 Å². The highest BCUT2D eigenvalue weighted by Gasteiger charge is 2.28. The van der Waals surface area contributed by atoms with Crippen LogP contribution in [0.25, 0.3) is 0 Å². The van der Waals surface area contributed by atoms with Crippen LogP contribution in [0, 0.1) is 11.6 Å². The molecule has 0 radical (unpaired) electrons. The fraction of sp³-hybridized carbons (Fsp3) is 0.250. The number of nitrogens with zero attached hydrogens (tertiary/aromatic N) is 2. The Morgan fingerprint density at radius 3 is 2.23 bits per heavy atom. The van der Waals surface area contributed by atoms with Gasteiger partial charge in [0.2, 0.25) is 0 Å². The predicted molar refractivity (Wildman–Crippen MR) is 111 cm³/mol. The average Bonchev–Trinajstić information content (AvgIpc) is 3.20. The molecule has 160 valence electrons. The molecule has 4 rings (SSSR count). The van der Waals surface area contributed by atoms with Crippen LogP contribution in [0.15, 0.2) is 66.7 Å². The number of pyridine rings is 1. The van der Waals surface area contributed by atoms with Gasteiger partial charge in [-0.15, -0.1) is 0 Å². The first kappa shape index (κ1) is 21.1. The fourth-order valence-electron chi connectivity index (χ4n) is 3.78. The molecule has 3 aromatic rings. The van der Waals surface area contributed by atoms with Gasteiger partial charge in [-0.2, -0.15) is 0 Å². The molecular weight excluding hydrogens is 402 g/mol. The lowest BCUT2D eigenvalue weighted by molar-refractivity contribution is 0.0137. The van der Waals surface area contributed by atoms with E-state index in [4.69, 9.17) is 9.84 Å². The van der Waals surface area contributed by atoms with E-state index in [1.807, 2.05) is 0 Å². The summed E-state index contributed by atoms with van der Waals surface area (Å²) in [5.41, 5.74) is 2.30. The van der Waals surface area contributed by atoms with Crippen LogP contribution in [-0.4, -0.2) is 40.2 Å². The summed E-state index contributed by atoms with van der Waals surface area (Å²) in [6, 6.07) is 17.2. The first-order valence-corrected chi connectivity index (χ1v) is 10.1. The van der Waals surface area contributed by atoms with Crippen LogP contribution in [0.1, 0.15) is 39.8 Å². The van der Waals surface area contributed by atoms with Crippen molar-refractivity contribution in [3.05, 3.63) is 101 Å². The molecule has 1 fully saturated rings. The maximum Gasteiger partial charge on any atom is 0.354 e. The van der Waals surface area contributed by atoms with E-state index in [2.05, 4.69) is 9.88 Å². The van der Waals surface area contributed by atoms with Gasteiger partial charge in [0.1, 0.15) is 23.4 Å². The molecule has 31 heavy (non-hydrogen) atoms. The number of rotatable bonds is 7. The molecule has 0 unspecified atom stereocenters. The van der Waals surface area contributed by atoms with Crippen molar-refractivity contribution in [2.45, 2.75) is 25.2 Å². The number of benzene rings is 2. The maximum atomic E-state index is 13.4. The highest BCUT2D eigenvalue weighted by molar-refractivity contribution is 5.85. The van der Waals surface area contributed by atoms with E-state index in [1.165, 1.54) is 30.3 Å². The molecule has 1 saturated heterocycles. The monoisotopic (exact) mass is 424 g/mol. The molecule has 1 N–H and O–H groups in total. The van der Waals surface area contributed by atoms with Crippen LogP contribution in [0.4, 0.5) is 8.78 Å². The Morgan fingerprint density at radius 2 is 1.65 bits per heavy atom. The summed E-state index contributed by atoms with van der Waals surface area (Å²) in [6.45, 7) is 1.96. The van der Waals surface area contributed by atoms with Gasteiger partial charge in [0.15, 0.2) is 0 Å². The van der Waals surface area contributed by atoms with Crippen molar-refractivity contribution in [1.82, 2.24) is 9.88 Å². The molecule has 5 nitrogen and oxygen atoms in total. The molecule has 2 aromatic carbocycles. The van der Waals surface area contributed by atoms with Crippen LogP contribution in [0.5, 0.6) is 0 Å². The number of halogens is 2. The third-order valence-corrected chi connectivity index (χ3v) is 5.31. The van der Waals surface area contributed by atoms with Crippen molar-refractivity contribution in [3.8, 4) is 0 Å². The Morgan fingerprint density at radius 1 is 1.03 bits per heavy atom. The largest absolute Gasteiger partial charge is 0.477 e. The standard InChI is InChI=1S/C24H22F2N2O3/c25-18-8-4-16(5-9-18)23(17-6-10-19(26)11-7-17)31-21-12-13-28(15-21)14-20-2-1-3-22(27-20)24(29)30/h1-11,21,23H,12-15H2,(H,29,30)/t21-/m1/s1. The summed E-state index contributed by atoms with van der Waals surface area (Å²) >= 11 is 0. The normalized spacial score (nSPS) is 16.7. The van der Waals surface area contributed by atoms with Gasteiger partial charge in [0.25, 0.3) is 0 Å². The summed E-state index contributed by atoms with van der Waals surface area (Å²) in [7, 11) is 0. The molecule has 1 aliphatic heterocycles. The molecule has 0 bridgehead atoms. The van der Waals surface area contributed by atoms with E-state index in [0.717, 1.165) is 24.1 Å². The van der Waals surface area contributed by atoms with Gasteiger partial charge in [0, 0.05) is 19.6 Å². The predicted octanol–water partition coefficient (Wildman–Crippen LogP) is 4.44. The first-order valence-electron chi connectivity index (χ1n) is 10.1. The van der Waals surface area contributed by atoms with Gasteiger partial charge < -0.3 is 9.84 Å². The third kappa shape index (κ3) is 5.31. The second-order valence-corrected chi connectivity index (χ2v) is 7.58. The molecule has 7 heteroatoms. The third-order valence-electron chi connectivity index (χ3n) is 5.31. The fourth-order valence-corrected chi connectivity index (χ4v) is 3.78. The lowest BCUT2D eigenvalue weighted by Crippen LogP contribution is -2.25. The molecule has 2 heterocycles. The van der Waals surface area contributed by atoms with E-state index < -0.39 is 12.1 Å². The first-order chi connectivity index (χ1) is 15.0. The smallest absolute Gasteiger partial charge is 0.354 e. The van der Waals surface area contributed by atoms with Gasteiger partial charge in [0.05, 0.1) is 11.8 Å². The number of carboxylic acid groups (broad SMARTS) is 1. The summed E-state index contributed by atoms with van der Waals surface area (Å²) in [5.74, 6) is -1.71. The number of aromatic carboxylic acids is 1. The lowest BCUT2D eigenvalue weighted by atomic mass is 10.0. The zero-order valence-electron chi connectivity index (χ0n) is 16.7. The summed E-state index contributed by atoms with van der Waals surface area (Å²) in [4.78, 5) is 17.5. The molecule has 1 atom stereocenters. The van der Waals surface area contributed by atoms with Gasteiger partial charge in [-0.3, -0.25) is 4.90 Å². The summed E-state index contributed by atoms with van der Waals surface area (Å²) in [5, 5.41) is 9.12. The van der Waals surface area contributed by atoms with Gasteiger partial charge in [-0.25, -0.2) is 18.6 Å². The molecule has 1 aliphatic rings. The second-order valence-electron chi connectivity index (χ2n) is 7.58. The zero-order chi connectivity index (χ0) is 21.8. The summed E-state index contributed by atoms with van der Waals surface area (Å²) in [6.07, 6.45) is 0.264. The minimum atomic E-state index is -1.05. The number of hydrogen-bond acceptors (Lipinski definition) is 4. The molecule has 0 aliphatic carbocycles. The van der Waals surface area contributed by atoms with Crippen LogP contribution >= 0.6 is 0 Å². The highest BCUT2D eigenvalue weighted by atomic mass is 19.1. The van der Waals surface area contributed by atoms with Crippen LogP contribution in [-0.2, 0) is 11.3 Å². The van der Waals surface area contributed by atoms with Crippen LogP contribution < -0.4 is 0 Å².